The van der Waals surface area contributed by atoms with Crippen LogP contribution in [-0.2, 0) is 0 Å². The minimum absolute atomic E-state index is 0.0660. The Morgan fingerprint density at radius 3 is 2.28 bits per heavy atom. The van der Waals surface area contributed by atoms with Gasteiger partial charge in [-0.25, -0.2) is 0 Å². The highest BCUT2D eigenvalue weighted by molar-refractivity contribution is 5.95. The number of halogens is 2. The van der Waals surface area contributed by atoms with Crippen molar-refractivity contribution in [3.05, 3.63) is 23.8 Å². The van der Waals surface area contributed by atoms with Crippen LogP contribution in [0.3, 0.4) is 0 Å². The van der Waals surface area contributed by atoms with Crippen LogP contribution >= 0.6 is 0 Å². The number of hydrogen-bond donors (Lipinski definition) is 1. The summed E-state index contributed by atoms with van der Waals surface area (Å²) in [6, 6.07) is 4.56. The summed E-state index contributed by atoms with van der Waals surface area (Å²) in [7, 11) is 1.37. The molecular formula is C19H23F2NO3. The summed E-state index contributed by atoms with van der Waals surface area (Å²) in [6.07, 6.45) is 6.27. The van der Waals surface area contributed by atoms with Crippen LogP contribution in [0.4, 0.5) is 8.78 Å². The number of ether oxygens (including phenoxy) is 2. The van der Waals surface area contributed by atoms with E-state index < -0.39 is 6.61 Å². The normalized spacial score (nSPS) is 32.7. The van der Waals surface area contributed by atoms with Crippen LogP contribution in [0.5, 0.6) is 11.5 Å². The Morgan fingerprint density at radius 2 is 1.72 bits per heavy atom. The van der Waals surface area contributed by atoms with Gasteiger partial charge >= 0.3 is 6.61 Å². The van der Waals surface area contributed by atoms with E-state index in [1.165, 1.54) is 57.4 Å². The number of carbonyl (C=O) groups excluding carboxylic acids is 1. The van der Waals surface area contributed by atoms with Gasteiger partial charge in [-0.2, -0.15) is 8.78 Å². The number of alkyl halides is 2. The van der Waals surface area contributed by atoms with Crippen molar-refractivity contribution in [3.8, 4) is 11.5 Å². The van der Waals surface area contributed by atoms with Gasteiger partial charge in [-0.15, -0.1) is 0 Å². The number of carbonyl (C=O) groups is 1. The average molecular weight is 351 g/mol. The van der Waals surface area contributed by atoms with Gasteiger partial charge in [0.15, 0.2) is 11.5 Å². The Balaban J connectivity index is 1.48. The standard InChI is InChI=1S/C19H23F2NO3/c1-24-16-9-12(2-3-15(16)25-19(20)21)18(23)22-17-13-5-10-4-11(7-13)8-14(17)6-10/h2-3,9-11,13-14,17,19H,4-8H2,1H3,(H,22,23). The number of amides is 1. The first-order chi connectivity index (χ1) is 12.0. The summed E-state index contributed by atoms with van der Waals surface area (Å²) in [6.45, 7) is -2.93. The molecule has 1 amide bonds. The quantitative estimate of drug-likeness (QED) is 0.876. The molecule has 4 fully saturated rings. The SMILES string of the molecule is COc1cc(C(=O)NC2C3CC4CC(C3)CC2C4)ccc1OC(F)F. The molecule has 1 aromatic carbocycles. The summed E-state index contributed by atoms with van der Waals surface area (Å²) in [5.74, 6) is 2.77. The number of rotatable bonds is 5. The van der Waals surface area contributed by atoms with Crippen LogP contribution < -0.4 is 14.8 Å². The van der Waals surface area contributed by atoms with Gasteiger partial charge < -0.3 is 14.8 Å². The second-order valence-electron chi connectivity index (χ2n) is 7.67. The van der Waals surface area contributed by atoms with Gasteiger partial charge in [-0.05, 0) is 74.0 Å². The first-order valence-electron chi connectivity index (χ1n) is 8.97. The van der Waals surface area contributed by atoms with Crippen molar-refractivity contribution in [2.45, 2.75) is 44.8 Å². The fourth-order valence-corrected chi connectivity index (χ4v) is 5.40. The first kappa shape index (κ1) is 16.6. The number of nitrogens with one attached hydrogen (secondary N) is 1. The molecule has 0 aromatic heterocycles. The van der Waals surface area contributed by atoms with Crippen molar-refractivity contribution < 1.29 is 23.0 Å². The van der Waals surface area contributed by atoms with Gasteiger partial charge in [0.25, 0.3) is 5.91 Å². The summed E-state index contributed by atoms with van der Waals surface area (Å²) >= 11 is 0. The maximum atomic E-state index is 12.7. The van der Waals surface area contributed by atoms with E-state index in [9.17, 15) is 13.6 Å². The molecule has 0 atom stereocenters. The lowest BCUT2D eigenvalue weighted by Gasteiger charge is -2.54. The second kappa shape index (κ2) is 6.46. The molecule has 0 unspecified atom stereocenters. The third kappa shape index (κ3) is 3.18. The Bertz CT molecular complexity index is 636. The lowest BCUT2D eigenvalue weighted by atomic mass is 9.54. The van der Waals surface area contributed by atoms with Gasteiger partial charge in [0.1, 0.15) is 0 Å². The summed E-state index contributed by atoms with van der Waals surface area (Å²) in [5.41, 5.74) is 0.410. The molecule has 4 nitrogen and oxygen atoms in total. The predicted octanol–water partition coefficient (Wildman–Crippen LogP) is 3.85. The van der Waals surface area contributed by atoms with Crippen LogP contribution in [0, 0.1) is 23.7 Å². The molecule has 4 saturated carbocycles. The van der Waals surface area contributed by atoms with Crippen molar-refractivity contribution in [2.24, 2.45) is 23.7 Å². The van der Waals surface area contributed by atoms with Gasteiger partial charge in [0.05, 0.1) is 7.11 Å². The third-order valence-corrected chi connectivity index (χ3v) is 6.17. The van der Waals surface area contributed by atoms with E-state index in [4.69, 9.17) is 4.74 Å². The molecule has 4 bridgehead atoms. The van der Waals surface area contributed by atoms with Gasteiger partial charge in [-0.1, -0.05) is 0 Å². The Kier molecular flexibility index (Phi) is 4.29. The first-order valence-corrected chi connectivity index (χ1v) is 8.97. The minimum atomic E-state index is -2.93. The zero-order valence-electron chi connectivity index (χ0n) is 14.2. The molecule has 5 rings (SSSR count). The molecule has 0 radical (unpaired) electrons. The highest BCUT2D eigenvalue weighted by Crippen LogP contribution is 2.53. The molecular weight excluding hydrogens is 328 g/mol. The molecule has 0 spiro atoms. The highest BCUT2D eigenvalue weighted by Gasteiger charge is 2.48. The highest BCUT2D eigenvalue weighted by atomic mass is 19.3. The molecule has 1 aromatic rings. The fourth-order valence-electron chi connectivity index (χ4n) is 5.40. The van der Waals surface area contributed by atoms with Crippen LogP contribution in [-0.4, -0.2) is 25.7 Å². The summed E-state index contributed by atoms with van der Waals surface area (Å²) in [4.78, 5) is 12.7. The maximum Gasteiger partial charge on any atom is 0.387 e. The van der Waals surface area contributed by atoms with Crippen LogP contribution in [0.1, 0.15) is 42.5 Å². The second-order valence-corrected chi connectivity index (χ2v) is 7.67. The average Bonchev–Trinajstić information content (AvgIpc) is 2.57. The van der Waals surface area contributed by atoms with E-state index in [2.05, 4.69) is 10.1 Å². The Hall–Kier alpha value is -1.85. The molecule has 136 valence electrons. The van der Waals surface area contributed by atoms with Gasteiger partial charge in [0.2, 0.25) is 0 Å². The number of benzene rings is 1. The minimum Gasteiger partial charge on any atom is -0.493 e. The van der Waals surface area contributed by atoms with Crippen molar-refractivity contribution in [2.75, 3.05) is 7.11 Å². The van der Waals surface area contributed by atoms with Crippen LogP contribution in [0.2, 0.25) is 0 Å². The monoisotopic (exact) mass is 351 g/mol. The predicted molar refractivity (Wildman–Crippen MR) is 87.9 cm³/mol. The summed E-state index contributed by atoms with van der Waals surface area (Å²) in [5, 5.41) is 3.21. The molecule has 4 aliphatic carbocycles. The largest absolute Gasteiger partial charge is 0.493 e. The molecule has 4 aliphatic rings. The topological polar surface area (TPSA) is 47.6 Å². The lowest BCUT2D eigenvalue weighted by molar-refractivity contribution is -0.0512. The zero-order valence-corrected chi connectivity index (χ0v) is 14.2. The molecule has 0 heterocycles. The zero-order chi connectivity index (χ0) is 17.6. The fraction of sp³-hybridized carbons (Fsp3) is 0.632. The van der Waals surface area contributed by atoms with E-state index >= 15 is 0 Å². The number of hydrogen-bond acceptors (Lipinski definition) is 3. The van der Waals surface area contributed by atoms with Crippen LogP contribution in [0.25, 0.3) is 0 Å². The van der Waals surface area contributed by atoms with Gasteiger partial charge in [0, 0.05) is 11.6 Å². The van der Waals surface area contributed by atoms with E-state index in [0.717, 1.165) is 11.8 Å². The molecule has 0 saturated heterocycles. The number of methoxy groups -OCH3 is 1. The summed E-state index contributed by atoms with van der Waals surface area (Å²) < 4.78 is 34.3. The molecule has 6 heteroatoms. The Morgan fingerprint density at radius 1 is 1.08 bits per heavy atom. The third-order valence-electron chi connectivity index (χ3n) is 6.17. The molecule has 1 N–H and O–H groups in total. The molecule has 25 heavy (non-hydrogen) atoms. The van der Waals surface area contributed by atoms with Crippen molar-refractivity contribution in [1.82, 2.24) is 5.32 Å². The van der Waals surface area contributed by atoms with E-state index in [1.54, 1.807) is 0 Å². The van der Waals surface area contributed by atoms with Crippen LogP contribution in [0.15, 0.2) is 18.2 Å². The van der Waals surface area contributed by atoms with Crippen molar-refractivity contribution >= 4 is 5.91 Å². The van der Waals surface area contributed by atoms with Crippen molar-refractivity contribution in [3.63, 3.8) is 0 Å². The van der Waals surface area contributed by atoms with Gasteiger partial charge in [-0.3, -0.25) is 4.79 Å². The Labute approximate surface area is 145 Å². The van der Waals surface area contributed by atoms with E-state index in [1.807, 2.05) is 0 Å². The molecule has 0 aliphatic heterocycles. The van der Waals surface area contributed by atoms with Crippen molar-refractivity contribution in [1.29, 1.82) is 0 Å². The smallest absolute Gasteiger partial charge is 0.387 e. The maximum absolute atomic E-state index is 12.7. The van der Waals surface area contributed by atoms with E-state index in [-0.39, 0.29) is 23.4 Å². The van der Waals surface area contributed by atoms with E-state index in [0.29, 0.717) is 17.4 Å². The lowest BCUT2D eigenvalue weighted by Crippen LogP contribution is -2.55.